The molecule has 31 heavy (non-hydrogen) atoms. The number of aliphatic imine (C=N–C) groups is 3. The van der Waals surface area contributed by atoms with Crippen LogP contribution in [-0.4, -0.2) is 115 Å². The third-order valence-corrected chi connectivity index (χ3v) is 8.38. The maximum Gasteiger partial charge on any atom is 0.196 e. The largest absolute Gasteiger partial charge is 0.358 e. The summed E-state index contributed by atoms with van der Waals surface area (Å²) in [6.07, 6.45) is 8.54. The van der Waals surface area contributed by atoms with Gasteiger partial charge in [-0.25, -0.2) is 4.99 Å². The summed E-state index contributed by atoms with van der Waals surface area (Å²) in [4.78, 5) is 25.2. The minimum atomic E-state index is 0.354. The summed E-state index contributed by atoms with van der Waals surface area (Å²) in [5.41, 5.74) is 0. The highest BCUT2D eigenvalue weighted by atomic mass is 15.4. The fourth-order valence-corrected chi connectivity index (χ4v) is 6.65. The van der Waals surface area contributed by atoms with E-state index in [2.05, 4.69) is 32.0 Å². The maximum atomic E-state index is 5.24. The van der Waals surface area contributed by atoms with Crippen molar-refractivity contribution in [2.75, 3.05) is 59.4 Å². The lowest BCUT2D eigenvalue weighted by atomic mass is 9.87. The van der Waals surface area contributed by atoms with Gasteiger partial charge in [-0.3, -0.25) is 9.98 Å². The Morgan fingerprint density at radius 2 is 1.71 bits per heavy atom. The van der Waals surface area contributed by atoms with E-state index < -0.39 is 0 Å². The SMILES string of the molecule is CN1C2=NCCCN2CCC1C1CCC2=NC(C3CCN4CCCNC4=N3)CN2CC1. The Balaban J connectivity index is 1.11. The molecule has 6 heterocycles. The zero-order valence-corrected chi connectivity index (χ0v) is 19.0. The molecule has 6 rings (SSSR count). The number of amidine groups is 1. The van der Waals surface area contributed by atoms with Crippen LogP contribution in [0.1, 0.15) is 44.9 Å². The van der Waals surface area contributed by atoms with Crippen LogP contribution in [0.5, 0.6) is 0 Å². The van der Waals surface area contributed by atoms with Crippen LogP contribution in [0, 0.1) is 5.92 Å². The molecule has 0 radical (unpaired) electrons. The molecule has 0 spiro atoms. The molecule has 3 fully saturated rings. The molecule has 4 unspecified atom stereocenters. The number of hydrogen-bond donors (Lipinski definition) is 1. The first-order valence-corrected chi connectivity index (χ1v) is 12.7. The van der Waals surface area contributed by atoms with Gasteiger partial charge in [0.2, 0.25) is 0 Å². The van der Waals surface area contributed by atoms with E-state index in [9.17, 15) is 0 Å². The van der Waals surface area contributed by atoms with Gasteiger partial charge in [-0.2, -0.15) is 0 Å². The molecule has 0 aliphatic carbocycles. The molecule has 4 atom stereocenters. The average molecular weight is 427 g/mol. The molecule has 170 valence electrons. The van der Waals surface area contributed by atoms with Gasteiger partial charge in [-0.05, 0) is 44.4 Å². The average Bonchev–Trinajstić information content (AvgIpc) is 3.13. The third kappa shape index (κ3) is 3.65. The molecule has 0 aromatic rings. The van der Waals surface area contributed by atoms with Crippen molar-refractivity contribution in [3.63, 3.8) is 0 Å². The molecule has 1 N–H and O–H groups in total. The first-order valence-electron chi connectivity index (χ1n) is 12.7. The lowest BCUT2D eigenvalue weighted by molar-refractivity contribution is 0.146. The van der Waals surface area contributed by atoms with E-state index in [1.165, 1.54) is 57.0 Å². The topological polar surface area (TPSA) is 62.1 Å². The Hall–Kier alpha value is -1.99. The first kappa shape index (κ1) is 19.7. The van der Waals surface area contributed by atoms with E-state index >= 15 is 0 Å². The Morgan fingerprint density at radius 3 is 2.68 bits per heavy atom. The Labute approximate surface area is 186 Å². The predicted molar refractivity (Wildman–Crippen MR) is 125 cm³/mol. The molecule has 6 aliphatic heterocycles. The van der Waals surface area contributed by atoms with Crippen molar-refractivity contribution >= 4 is 17.8 Å². The molecule has 8 heteroatoms. The van der Waals surface area contributed by atoms with Gasteiger partial charge >= 0.3 is 0 Å². The van der Waals surface area contributed by atoms with Gasteiger partial charge in [-0.1, -0.05) is 0 Å². The van der Waals surface area contributed by atoms with E-state index in [0.717, 1.165) is 64.0 Å². The molecular formula is C23H38N8. The van der Waals surface area contributed by atoms with Crippen LogP contribution in [0.15, 0.2) is 15.0 Å². The number of hydrogen-bond acceptors (Lipinski definition) is 8. The maximum absolute atomic E-state index is 5.24. The molecular weight excluding hydrogens is 388 g/mol. The molecule has 0 amide bonds. The van der Waals surface area contributed by atoms with Gasteiger partial charge in [-0.15, -0.1) is 0 Å². The van der Waals surface area contributed by atoms with Crippen LogP contribution in [0.3, 0.4) is 0 Å². The second kappa shape index (κ2) is 8.17. The lowest BCUT2D eigenvalue weighted by Crippen LogP contribution is -2.57. The van der Waals surface area contributed by atoms with Gasteiger partial charge in [0.1, 0.15) is 0 Å². The van der Waals surface area contributed by atoms with Crippen molar-refractivity contribution in [2.24, 2.45) is 20.9 Å². The standard InChI is InChI=1S/C23H38N8/c1-28-20(8-15-30-12-3-10-25-23(28)30)17-4-5-21-26-19(16-31(21)13-6-17)18-7-14-29-11-2-9-24-22(29)27-18/h17-20H,2-16H2,1H3,(H,24,27). The second-order valence-electron chi connectivity index (χ2n) is 10.2. The predicted octanol–water partition coefficient (Wildman–Crippen LogP) is 1.06. The van der Waals surface area contributed by atoms with Crippen molar-refractivity contribution in [2.45, 2.75) is 63.1 Å². The van der Waals surface area contributed by atoms with Gasteiger partial charge in [0.25, 0.3) is 0 Å². The highest BCUT2D eigenvalue weighted by Crippen LogP contribution is 2.33. The Morgan fingerprint density at radius 1 is 0.839 bits per heavy atom. The minimum absolute atomic E-state index is 0.354. The van der Waals surface area contributed by atoms with Crippen LogP contribution >= 0.6 is 0 Å². The van der Waals surface area contributed by atoms with Crippen molar-refractivity contribution in [3.8, 4) is 0 Å². The zero-order valence-electron chi connectivity index (χ0n) is 19.0. The minimum Gasteiger partial charge on any atom is -0.358 e. The van der Waals surface area contributed by atoms with Crippen molar-refractivity contribution < 1.29 is 0 Å². The van der Waals surface area contributed by atoms with Crippen molar-refractivity contribution in [1.82, 2.24) is 24.9 Å². The van der Waals surface area contributed by atoms with Gasteiger partial charge < -0.3 is 24.9 Å². The van der Waals surface area contributed by atoms with Crippen LogP contribution < -0.4 is 5.32 Å². The fraction of sp³-hybridized carbons (Fsp3) is 0.870. The zero-order chi connectivity index (χ0) is 20.8. The van der Waals surface area contributed by atoms with Crippen molar-refractivity contribution in [3.05, 3.63) is 0 Å². The summed E-state index contributed by atoms with van der Waals surface area (Å²) in [6.45, 7) is 8.96. The molecule has 0 bridgehead atoms. The molecule has 0 aromatic heterocycles. The molecule has 8 nitrogen and oxygen atoms in total. The first-order chi connectivity index (χ1) is 15.3. The van der Waals surface area contributed by atoms with Gasteiger partial charge in [0.15, 0.2) is 11.9 Å². The fourth-order valence-electron chi connectivity index (χ4n) is 6.65. The molecule has 0 saturated carbocycles. The summed E-state index contributed by atoms with van der Waals surface area (Å²) in [5.74, 6) is 4.50. The van der Waals surface area contributed by atoms with E-state index in [0.29, 0.717) is 18.1 Å². The molecule has 3 saturated heterocycles. The second-order valence-corrected chi connectivity index (χ2v) is 10.2. The number of nitrogens with zero attached hydrogens (tertiary/aromatic N) is 7. The molecule has 6 aliphatic rings. The third-order valence-electron chi connectivity index (χ3n) is 8.38. The van der Waals surface area contributed by atoms with Crippen LogP contribution in [0.4, 0.5) is 0 Å². The highest BCUT2D eigenvalue weighted by molar-refractivity contribution is 5.85. The number of fused-ring (bicyclic) bond motifs is 3. The van der Waals surface area contributed by atoms with Crippen molar-refractivity contribution in [1.29, 1.82) is 0 Å². The normalized spacial score (nSPS) is 35.8. The monoisotopic (exact) mass is 426 g/mol. The van der Waals surface area contributed by atoms with E-state index in [1.807, 2.05) is 0 Å². The summed E-state index contributed by atoms with van der Waals surface area (Å²) < 4.78 is 0. The summed E-state index contributed by atoms with van der Waals surface area (Å²) in [6, 6.07) is 1.34. The van der Waals surface area contributed by atoms with E-state index in [-0.39, 0.29) is 0 Å². The smallest absolute Gasteiger partial charge is 0.196 e. The number of rotatable bonds is 2. The summed E-state index contributed by atoms with van der Waals surface area (Å²) >= 11 is 0. The van der Waals surface area contributed by atoms with Crippen LogP contribution in [-0.2, 0) is 0 Å². The van der Waals surface area contributed by atoms with Crippen LogP contribution in [0.2, 0.25) is 0 Å². The summed E-state index contributed by atoms with van der Waals surface area (Å²) in [7, 11) is 2.28. The van der Waals surface area contributed by atoms with E-state index in [1.54, 1.807) is 0 Å². The number of guanidine groups is 2. The highest BCUT2D eigenvalue weighted by Gasteiger charge is 2.39. The number of nitrogens with one attached hydrogen (secondary N) is 1. The van der Waals surface area contributed by atoms with Crippen LogP contribution in [0.25, 0.3) is 0 Å². The van der Waals surface area contributed by atoms with Gasteiger partial charge in [0.05, 0.1) is 17.9 Å². The van der Waals surface area contributed by atoms with Gasteiger partial charge in [0, 0.05) is 71.9 Å². The van der Waals surface area contributed by atoms with E-state index in [4.69, 9.17) is 15.0 Å². The quantitative estimate of drug-likeness (QED) is 0.716. The molecule has 0 aromatic carbocycles. The summed E-state index contributed by atoms with van der Waals surface area (Å²) in [5, 5.41) is 3.51. The Bertz CT molecular complexity index is 776. The Kier molecular flexibility index (Phi) is 5.19. The lowest BCUT2D eigenvalue weighted by Gasteiger charge is -2.46.